The van der Waals surface area contributed by atoms with Gasteiger partial charge in [0.05, 0.1) is 12.0 Å². The number of nitrogens with zero attached hydrogens (tertiary/aromatic N) is 2. The number of rotatable bonds is 9. The van der Waals surface area contributed by atoms with Crippen LogP contribution in [0.3, 0.4) is 0 Å². The Kier molecular flexibility index (Phi) is 6.98. The molecule has 0 radical (unpaired) electrons. The Morgan fingerprint density at radius 1 is 1.12 bits per heavy atom. The lowest BCUT2D eigenvalue weighted by Crippen LogP contribution is -2.27. The average Bonchev–Trinajstić information content (AvgIpc) is 3.47. The van der Waals surface area contributed by atoms with E-state index in [2.05, 4.69) is 15.5 Å². The second-order valence-corrected chi connectivity index (χ2v) is 8.29. The van der Waals surface area contributed by atoms with Gasteiger partial charge in [0.1, 0.15) is 13.2 Å². The Balaban J connectivity index is 1.37. The number of aromatic amines is 1. The lowest BCUT2D eigenvalue weighted by atomic mass is 10.2. The van der Waals surface area contributed by atoms with Crippen LogP contribution in [0.25, 0.3) is 10.7 Å². The molecule has 32 heavy (non-hydrogen) atoms. The van der Waals surface area contributed by atoms with Gasteiger partial charge in [-0.25, -0.2) is 0 Å². The van der Waals surface area contributed by atoms with E-state index in [-0.39, 0.29) is 12.5 Å². The second kappa shape index (κ2) is 10.3. The van der Waals surface area contributed by atoms with Gasteiger partial charge in [-0.15, -0.1) is 11.3 Å². The summed E-state index contributed by atoms with van der Waals surface area (Å²) in [5.41, 5.74) is 1.97. The number of ether oxygens (including phenoxy) is 2. The zero-order valence-corrected chi connectivity index (χ0v) is 19.0. The van der Waals surface area contributed by atoms with Gasteiger partial charge < -0.3 is 14.8 Å². The van der Waals surface area contributed by atoms with Gasteiger partial charge in [-0.2, -0.15) is 5.10 Å². The van der Waals surface area contributed by atoms with Crippen molar-refractivity contribution in [3.05, 3.63) is 81.9 Å². The molecule has 0 fully saturated rings. The Labute approximate surface area is 194 Å². The minimum absolute atomic E-state index is 0.0813. The molecule has 2 heterocycles. The van der Waals surface area contributed by atoms with Crippen LogP contribution in [-0.4, -0.2) is 27.8 Å². The summed E-state index contributed by atoms with van der Waals surface area (Å²) in [6, 6.07) is 19.4. The number of carbonyl (C=O) groups is 1. The summed E-state index contributed by atoms with van der Waals surface area (Å²) in [6.45, 7) is 0.886. The molecule has 0 aliphatic heterocycles. The fraction of sp³-hybridized carbons (Fsp3) is 0.174. The van der Waals surface area contributed by atoms with Gasteiger partial charge in [0.25, 0.3) is 0 Å². The van der Waals surface area contributed by atoms with Crippen molar-refractivity contribution in [2.45, 2.75) is 19.7 Å². The third-order valence-electron chi connectivity index (χ3n) is 4.76. The normalized spacial score (nSPS) is 10.7. The zero-order chi connectivity index (χ0) is 22.3. The molecule has 164 valence electrons. The van der Waals surface area contributed by atoms with Crippen molar-refractivity contribution < 1.29 is 14.3 Å². The summed E-state index contributed by atoms with van der Waals surface area (Å²) in [7, 11) is 1.60. The van der Waals surface area contributed by atoms with Gasteiger partial charge in [0.2, 0.25) is 5.91 Å². The Hall–Kier alpha value is -3.43. The van der Waals surface area contributed by atoms with Crippen LogP contribution in [0.5, 0.6) is 11.5 Å². The van der Waals surface area contributed by atoms with Crippen LogP contribution in [0.1, 0.15) is 11.1 Å². The molecule has 7 nitrogen and oxygen atoms in total. The van der Waals surface area contributed by atoms with Crippen molar-refractivity contribution in [1.29, 1.82) is 0 Å². The predicted molar refractivity (Wildman–Crippen MR) is 126 cm³/mol. The molecule has 0 spiro atoms. The van der Waals surface area contributed by atoms with Crippen molar-refractivity contribution in [3.8, 4) is 22.2 Å². The first-order chi connectivity index (χ1) is 15.6. The monoisotopic (exact) mass is 466 g/mol. The molecule has 0 saturated heterocycles. The minimum atomic E-state index is -0.163. The Morgan fingerprint density at radius 2 is 1.97 bits per heavy atom. The number of benzene rings is 2. The fourth-order valence-electron chi connectivity index (χ4n) is 3.13. The number of amides is 1. The van der Waals surface area contributed by atoms with Crippen molar-refractivity contribution in [2.75, 3.05) is 7.11 Å². The number of hydrogen-bond donors (Lipinski definition) is 2. The number of aromatic nitrogens is 3. The second-order valence-electron chi connectivity index (χ2n) is 6.95. The summed E-state index contributed by atoms with van der Waals surface area (Å²) in [5, 5.41) is 11.9. The minimum Gasteiger partial charge on any atom is -0.493 e. The smallest absolute Gasteiger partial charge is 0.240 e. The van der Waals surface area contributed by atoms with Gasteiger partial charge in [-0.3, -0.25) is 14.5 Å². The molecular weight excluding hydrogens is 444 g/mol. The van der Waals surface area contributed by atoms with Crippen molar-refractivity contribution in [3.63, 3.8) is 0 Å². The lowest BCUT2D eigenvalue weighted by molar-refractivity contribution is -0.121. The molecule has 0 atom stereocenters. The molecule has 0 aliphatic carbocycles. The molecule has 2 aromatic carbocycles. The van der Waals surface area contributed by atoms with E-state index in [0.717, 1.165) is 16.0 Å². The number of thiophene rings is 1. The highest BCUT2D eigenvalue weighted by Gasteiger charge is 2.13. The molecule has 9 heteroatoms. The number of methoxy groups -OCH3 is 1. The highest BCUT2D eigenvalue weighted by atomic mass is 32.1. The highest BCUT2D eigenvalue weighted by Crippen LogP contribution is 2.29. The average molecular weight is 467 g/mol. The molecule has 2 aromatic heterocycles. The van der Waals surface area contributed by atoms with Gasteiger partial charge in [0, 0.05) is 6.54 Å². The largest absolute Gasteiger partial charge is 0.493 e. The van der Waals surface area contributed by atoms with E-state index in [1.54, 1.807) is 23.0 Å². The summed E-state index contributed by atoms with van der Waals surface area (Å²) in [6.07, 6.45) is 0. The maximum atomic E-state index is 12.6. The topological polar surface area (TPSA) is 81.2 Å². The SMILES string of the molecule is COc1cc(CNC(=O)Cn2c(-c3cccs3)n[nH]c2=S)ccc1OCc1ccccc1. The first-order valence-electron chi connectivity index (χ1n) is 9.93. The lowest BCUT2D eigenvalue weighted by Gasteiger charge is -2.13. The Bertz CT molecular complexity index is 1230. The van der Waals surface area contributed by atoms with Crippen LogP contribution in [0, 0.1) is 4.77 Å². The van der Waals surface area contributed by atoms with E-state index in [9.17, 15) is 4.79 Å². The fourth-order valence-corrected chi connectivity index (χ4v) is 4.05. The first kappa shape index (κ1) is 21.8. The number of hydrogen-bond acceptors (Lipinski definition) is 6. The third kappa shape index (κ3) is 5.24. The Morgan fingerprint density at radius 3 is 2.72 bits per heavy atom. The van der Waals surface area contributed by atoms with Crippen LogP contribution in [0.15, 0.2) is 66.0 Å². The van der Waals surface area contributed by atoms with E-state index in [4.69, 9.17) is 21.7 Å². The van der Waals surface area contributed by atoms with Crippen molar-refractivity contribution in [1.82, 2.24) is 20.1 Å². The summed E-state index contributed by atoms with van der Waals surface area (Å²) < 4.78 is 13.5. The summed E-state index contributed by atoms with van der Waals surface area (Å²) in [4.78, 5) is 13.5. The van der Waals surface area contributed by atoms with Gasteiger partial charge in [-0.1, -0.05) is 42.5 Å². The predicted octanol–water partition coefficient (Wildman–Crippen LogP) is 4.57. The van der Waals surface area contributed by atoms with Crippen molar-refractivity contribution in [2.24, 2.45) is 0 Å². The van der Waals surface area contributed by atoms with Crippen LogP contribution in [-0.2, 0) is 24.5 Å². The molecule has 1 amide bonds. The third-order valence-corrected chi connectivity index (χ3v) is 5.93. The number of carbonyl (C=O) groups excluding carboxylic acids is 1. The van der Waals surface area contributed by atoms with E-state index in [1.165, 1.54) is 0 Å². The van der Waals surface area contributed by atoms with Crippen LogP contribution < -0.4 is 14.8 Å². The van der Waals surface area contributed by atoms with E-state index in [0.29, 0.717) is 35.2 Å². The van der Waals surface area contributed by atoms with E-state index in [1.807, 2.05) is 66.0 Å². The van der Waals surface area contributed by atoms with Gasteiger partial charge in [0.15, 0.2) is 22.1 Å². The molecule has 0 saturated carbocycles. The molecule has 0 aliphatic rings. The summed E-state index contributed by atoms with van der Waals surface area (Å²) >= 11 is 6.83. The number of H-pyrrole nitrogens is 1. The van der Waals surface area contributed by atoms with Crippen molar-refractivity contribution >= 4 is 29.5 Å². The quantitative estimate of drug-likeness (QED) is 0.353. The molecular formula is C23H22N4O3S2. The van der Waals surface area contributed by atoms with E-state index < -0.39 is 0 Å². The molecule has 4 aromatic rings. The number of nitrogens with one attached hydrogen (secondary N) is 2. The molecule has 0 bridgehead atoms. The highest BCUT2D eigenvalue weighted by molar-refractivity contribution is 7.71. The molecule has 0 unspecified atom stereocenters. The first-order valence-corrected chi connectivity index (χ1v) is 11.2. The van der Waals surface area contributed by atoms with Crippen LogP contribution in [0.2, 0.25) is 0 Å². The maximum Gasteiger partial charge on any atom is 0.240 e. The van der Waals surface area contributed by atoms with Gasteiger partial charge >= 0.3 is 0 Å². The van der Waals surface area contributed by atoms with Gasteiger partial charge in [-0.05, 0) is 46.9 Å². The molecule has 4 rings (SSSR count). The zero-order valence-electron chi connectivity index (χ0n) is 17.4. The molecule has 2 N–H and O–H groups in total. The summed E-state index contributed by atoms with van der Waals surface area (Å²) in [5.74, 6) is 1.76. The standard InChI is InChI=1S/C23H22N4O3S2/c1-29-19-12-17(9-10-18(19)30-15-16-6-3-2-4-7-16)13-24-21(28)14-27-22(25-26-23(27)31)20-8-5-11-32-20/h2-12H,13-15H2,1H3,(H,24,28)(H,26,31). The van der Waals surface area contributed by atoms with E-state index >= 15 is 0 Å². The van der Waals surface area contributed by atoms with Crippen LogP contribution in [0.4, 0.5) is 0 Å². The maximum absolute atomic E-state index is 12.6. The van der Waals surface area contributed by atoms with Crippen LogP contribution >= 0.6 is 23.6 Å².